The number of anilines is 1. The van der Waals surface area contributed by atoms with Crippen LogP contribution in [0.1, 0.15) is 13.3 Å². The maximum atomic E-state index is 11.5. The van der Waals surface area contributed by atoms with Crippen LogP contribution in [0.5, 0.6) is 0 Å². The van der Waals surface area contributed by atoms with Crippen molar-refractivity contribution < 1.29 is 4.79 Å². The second-order valence-electron chi connectivity index (χ2n) is 4.20. The van der Waals surface area contributed by atoms with E-state index in [9.17, 15) is 4.79 Å². The topological polar surface area (TPSA) is 71.0 Å². The van der Waals surface area contributed by atoms with Crippen LogP contribution in [0.15, 0.2) is 24.4 Å². The monoisotopic (exact) mass is 291 g/mol. The molecule has 1 N–H and O–H groups in total. The van der Waals surface area contributed by atoms with Gasteiger partial charge in [-0.3, -0.25) is 9.78 Å². The summed E-state index contributed by atoms with van der Waals surface area (Å²) in [6, 6.07) is 5.67. The molecule has 0 aliphatic heterocycles. The van der Waals surface area contributed by atoms with Gasteiger partial charge in [-0.2, -0.15) is 0 Å². The van der Waals surface area contributed by atoms with Crippen molar-refractivity contribution in [2.75, 3.05) is 25.0 Å². The fourth-order valence-corrected chi connectivity index (χ4v) is 2.55. The van der Waals surface area contributed by atoms with Crippen LogP contribution in [0.4, 0.5) is 5.13 Å². The van der Waals surface area contributed by atoms with Gasteiger partial charge in [-0.25, -0.2) is 0 Å². The van der Waals surface area contributed by atoms with Crippen LogP contribution in [0.2, 0.25) is 0 Å². The highest BCUT2D eigenvalue weighted by atomic mass is 32.1. The smallest absolute Gasteiger partial charge is 0.239 e. The predicted octanol–water partition coefficient (Wildman–Crippen LogP) is 1.56. The number of hydrogen-bond donors (Lipinski definition) is 1. The number of aromatic nitrogens is 3. The molecular weight excluding hydrogens is 274 g/mol. The molecule has 2 aromatic heterocycles. The molecule has 0 unspecified atom stereocenters. The van der Waals surface area contributed by atoms with Crippen molar-refractivity contribution in [3.8, 4) is 10.7 Å². The maximum Gasteiger partial charge on any atom is 0.239 e. The second kappa shape index (κ2) is 6.95. The van der Waals surface area contributed by atoms with Crippen molar-refractivity contribution in [2.24, 2.45) is 0 Å². The molecule has 0 bridgehead atoms. The minimum atomic E-state index is -0.0342. The number of nitrogens with zero attached hydrogens (tertiary/aromatic N) is 4. The number of nitrogens with one attached hydrogen (secondary N) is 1. The predicted molar refractivity (Wildman–Crippen MR) is 79.7 cm³/mol. The van der Waals surface area contributed by atoms with Gasteiger partial charge in [0, 0.05) is 19.8 Å². The van der Waals surface area contributed by atoms with E-state index in [2.05, 4.69) is 27.4 Å². The molecule has 0 fully saturated rings. The number of likely N-dealkylation sites (N-methyl/N-ethyl adjacent to an activating group) is 1. The highest BCUT2D eigenvalue weighted by Gasteiger charge is 2.15. The summed E-state index contributed by atoms with van der Waals surface area (Å²) in [5.41, 5.74) is 0.799. The molecule has 0 aliphatic carbocycles. The van der Waals surface area contributed by atoms with Crippen LogP contribution in [-0.2, 0) is 4.79 Å². The molecule has 6 nitrogen and oxygen atoms in total. The Morgan fingerprint density at radius 3 is 2.90 bits per heavy atom. The fourth-order valence-electron chi connectivity index (χ4n) is 1.70. The molecule has 106 valence electrons. The normalized spacial score (nSPS) is 10.3. The zero-order chi connectivity index (χ0) is 14.4. The maximum absolute atomic E-state index is 11.5. The molecule has 0 aromatic carbocycles. The van der Waals surface area contributed by atoms with Gasteiger partial charge in [-0.05, 0) is 18.6 Å². The summed E-state index contributed by atoms with van der Waals surface area (Å²) in [6.45, 7) is 3.13. The molecule has 0 spiro atoms. The van der Waals surface area contributed by atoms with E-state index in [1.54, 1.807) is 13.2 Å². The zero-order valence-electron chi connectivity index (χ0n) is 11.5. The summed E-state index contributed by atoms with van der Waals surface area (Å²) in [5, 5.41) is 12.5. The van der Waals surface area contributed by atoms with E-state index in [-0.39, 0.29) is 5.91 Å². The van der Waals surface area contributed by atoms with Gasteiger partial charge >= 0.3 is 0 Å². The van der Waals surface area contributed by atoms with Gasteiger partial charge in [0.05, 0.1) is 6.54 Å². The highest BCUT2D eigenvalue weighted by Crippen LogP contribution is 2.27. The molecule has 2 rings (SSSR count). The molecule has 20 heavy (non-hydrogen) atoms. The Morgan fingerprint density at radius 2 is 2.25 bits per heavy atom. The molecule has 0 saturated carbocycles. The van der Waals surface area contributed by atoms with Crippen LogP contribution in [0.25, 0.3) is 10.7 Å². The molecule has 1 amide bonds. The van der Waals surface area contributed by atoms with Gasteiger partial charge in [0.1, 0.15) is 5.69 Å². The Balaban J connectivity index is 2.18. The number of pyridine rings is 1. The average Bonchev–Trinajstić information content (AvgIpc) is 2.97. The third-order valence-corrected chi connectivity index (χ3v) is 3.68. The lowest BCUT2D eigenvalue weighted by Crippen LogP contribution is -2.36. The Hall–Kier alpha value is -2.02. The number of carbonyl (C=O) groups is 1. The number of hydrogen-bond acceptors (Lipinski definition) is 6. The molecule has 0 saturated heterocycles. The first-order valence-corrected chi connectivity index (χ1v) is 7.26. The van der Waals surface area contributed by atoms with Gasteiger partial charge < -0.3 is 10.2 Å². The largest absolute Gasteiger partial charge is 0.358 e. The Bertz CT molecular complexity index is 557. The quantitative estimate of drug-likeness (QED) is 0.874. The summed E-state index contributed by atoms with van der Waals surface area (Å²) < 4.78 is 0. The van der Waals surface area contributed by atoms with Crippen LogP contribution in [0.3, 0.4) is 0 Å². The van der Waals surface area contributed by atoms with E-state index in [1.807, 2.05) is 23.1 Å². The van der Waals surface area contributed by atoms with Crippen LogP contribution in [0, 0.1) is 0 Å². The Kier molecular flexibility index (Phi) is 5.00. The van der Waals surface area contributed by atoms with Gasteiger partial charge in [-0.15, -0.1) is 10.2 Å². The first-order valence-electron chi connectivity index (χ1n) is 6.45. The van der Waals surface area contributed by atoms with Gasteiger partial charge in [0.2, 0.25) is 11.0 Å². The lowest BCUT2D eigenvalue weighted by atomic mass is 10.4. The summed E-state index contributed by atoms with van der Waals surface area (Å²) in [4.78, 5) is 17.7. The van der Waals surface area contributed by atoms with Crippen molar-refractivity contribution in [3.63, 3.8) is 0 Å². The molecule has 7 heteroatoms. The summed E-state index contributed by atoms with van der Waals surface area (Å²) in [5.74, 6) is -0.0342. The summed E-state index contributed by atoms with van der Waals surface area (Å²) in [7, 11) is 1.63. The molecule has 2 aromatic rings. The number of amides is 1. The second-order valence-corrected chi connectivity index (χ2v) is 5.16. The van der Waals surface area contributed by atoms with Crippen LogP contribution < -0.4 is 10.2 Å². The minimum absolute atomic E-state index is 0.0342. The molecule has 0 aliphatic rings. The molecule has 0 atom stereocenters. The van der Waals surface area contributed by atoms with Crippen molar-refractivity contribution in [2.45, 2.75) is 13.3 Å². The average molecular weight is 291 g/mol. The third-order valence-electron chi connectivity index (χ3n) is 2.68. The van der Waals surface area contributed by atoms with Crippen molar-refractivity contribution in [1.82, 2.24) is 20.5 Å². The van der Waals surface area contributed by atoms with E-state index in [0.29, 0.717) is 6.54 Å². The van der Waals surface area contributed by atoms with Crippen molar-refractivity contribution in [1.29, 1.82) is 0 Å². The summed E-state index contributed by atoms with van der Waals surface area (Å²) >= 11 is 1.45. The van der Waals surface area contributed by atoms with E-state index in [1.165, 1.54) is 11.3 Å². The standard InChI is InChI=1S/C13H17N5OS/c1-3-8-18(9-11(19)14-2)13-17-16-12(20-13)10-6-4-5-7-15-10/h4-7H,3,8-9H2,1-2H3,(H,14,19). The molecular formula is C13H17N5OS. The van der Waals surface area contributed by atoms with Gasteiger partial charge in [0.25, 0.3) is 0 Å². The lowest BCUT2D eigenvalue weighted by molar-refractivity contribution is -0.119. The summed E-state index contributed by atoms with van der Waals surface area (Å²) in [6.07, 6.45) is 2.67. The fraction of sp³-hybridized carbons (Fsp3) is 0.385. The Morgan fingerprint density at radius 1 is 1.40 bits per heavy atom. The van der Waals surface area contributed by atoms with E-state index >= 15 is 0 Å². The third kappa shape index (κ3) is 3.51. The molecule has 2 heterocycles. The van der Waals surface area contributed by atoms with Crippen LogP contribution >= 0.6 is 11.3 Å². The zero-order valence-corrected chi connectivity index (χ0v) is 12.4. The first kappa shape index (κ1) is 14.4. The SMILES string of the molecule is CCCN(CC(=O)NC)c1nnc(-c2ccccn2)s1. The minimum Gasteiger partial charge on any atom is -0.358 e. The first-order chi connectivity index (χ1) is 9.74. The van der Waals surface area contributed by atoms with Gasteiger partial charge in [-0.1, -0.05) is 24.3 Å². The number of carbonyl (C=O) groups excluding carboxylic acids is 1. The van der Waals surface area contributed by atoms with E-state index in [0.717, 1.165) is 28.8 Å². The Labute approximate surface area is 121 Å². The molecule has 0 radical (unpaired) electrons. The number of rotatable bonds is 6. The van der Waals surface area contributed by atoms with Crippen molar-refractivity contribution >= 4 is 22.4 Å². The lowest BCUT2D eigenvalue weighted by Gasteiger charge is -2.19. The van der Waals surface area contributed by atoms with Gasteiger partial charge in [0.15, 0.2) is 5.01 Å². The van der Waals surface area contributed by atoms with Crippen LogP contribution in [-0.4, -0.2) is 41.2 Å². The highest BCUT2D eigenvalue weighted by molar-refractivity contribution is 7.18. The van der Waals surface area contributed by atoms with Crippen molar-refractivity contribution in [3.05, 3.63) is 24.4 Å². The van der Waals surface area contributed by atoms with E-state index in [4.69, 9.17) is 0 Å². The van der Waals surface area contributed by atoms with E-state index < -0.39 is 0 Å².